The molecule has 1 aromatic heterocycles. The molecule has 0 saturated carbocycles. The molecule has 0 fully saturated rings. The molecule has 7 heteroatoms. The normalized spacial score (nSPS) is 11.6. The van der Waals surface area contributed by atoms with Gasteiger partial charge in [0.2, 0.25) is 6.10 Å². The highest BCUT2D eigenvalue weighted by atomic mass is 32.1. The summed E-state index contributed by atoms with van der Waals surface area (Å²) >= 11 is 1.30. The minimum Gasteiger partial charge on any atom is -0.507 e. The number of amides is 1. The standard InChI is InChI=1S/C30H30N2O4S/c1-2-3-4-6-11-21-16-18-22(19-17-21)25-20-37-30(31-25)32-28(34)27(23-12-7-5-8-13-23)36-29(35)24-14-9-10-15-26(24)33/h5,7-10,12-20,27,33H,2-4,6,11H2,1H3,(H,31,32,34)/t27-/m0/s1. The van der Waals surface area contributed by atoms with Crippen LogP contribution in [0, 0.1) is 0 Å². The summed E-state index contributed by atoms with van der Waals surface area (Å²) in [4.78, 5) is 30.5. The SMILES string of the molecule is CCCCCCc1ccc(-c2csc(NC(=O)[C@@H](OC(=O)c3ccccc3O)c3ccccc3)n2)cc1. The number of phenols is 1. The van der Waals surface area contributed by atoms with Crippen molar-refractivity contribution in [1.82, 2.24) is 4.98 Å². The van der Waals surface area contributed by atoms with Gasteiger partial charge in [-0.05, 0) is 30.5 Å². The molecule has 0 radical (unpaired) electrons. The number of para-hydroxylation sites is 1. The molecule has 1 atom stereocenters. The third-order valence-corrected chi connectivity index (χ3v) is 6.75. The first-order chi connectivity index (χ1) is 18.0. The summed E-state index contributed by atoms with van der Waals surface area (Å²) in [5, 5.41) is 15.1. The Morgan fingerprint density at radius 3 is 2.41 bits per heavy atom. The molecule has 1 heterocycles. The van der Waals surface area contributed by atoms with E-state index in [4.69, 9.17) is 4.74 Å². The summed E-state index contributed by atoms with van der Waals surface area (Å²) in [5.41, 5.74) is 3.54. The molecule has 190 valence electrons. The van der Waals surface area contributed by atoms with Crippen molar-refractivity contribution in [3.63, 3.8) is 0 Å². The summed E-state index contributed by atoms with van der Waals surface area (Å²) in [6, 6.07) is 23.2. The quantitative estimate of drug-likeness (QED) is 0.164. The van der Waals surface area contributed by atoms with E-state index in [1.807, 2.05) is 11.4 Å². The van der Waals surface area contributed by atoms with Crippen LogP contribution < -0.4 is 5.32 Å². The predicted octanol–water partition coefficient (Wildman–Crippen LogP) is 7.18. The van der Waals surface area contributed by atoms with E-state index in [9.17, 15) is 14.7 Å². The van der Waals surface area contributed by atoms with E-state index in [1.165, 1.54) is 54.7 Å². The van der Waals surface area contributed by atoms with Crippen LogP contribution >= 0.6 is 11.3 Å². The van der Waals surface area contributed by atoms with Gasteiger partial charge in [0, 0.05) is 16.5 Å². The van der Waals surface area contributed by atoms with E-state index in [2.05, 4.69) is 41.5 Å². The number of carbonyl (C=O) groups excluding carboxylic acids is 2. The first kappa shape index (κ1) is 26.1. The Hall–Kier alpha value is -3.97. The van der Waals surface area contributed by atoms with Gasteiger partial charge < -0.3 is 9.84 Å². The minimum atomic E-state index is -1.22. The zero-order chi connectivity index (χ0) is 26.0. The van der Waals surface area contributed by atoms with Crippen molar-refractivity contribution < 1.29 is 19.4 Å². The van der Waals surface area contributed by atoms with Gasteiger partial charge in [-0.1, -0.05) is 92.9 Å². The topological polar surface area (TPSA) is 88.5 Å². The van der Waals surface area contributed by atoms with Gasteiger partial charge in [0.25, 0.3) is 5.91 Å². The number of benzene rings is 3. The monoisotopic (exact) mass is 514 g/mol. The Balaban J connectivity index is 1.45. The number of hydrogen-bond donors (Lipinski definition) is 2. The Morgan fingerprint density at radius 1 is 0.946 bits per heavy atom. The average Bonchev–Trinajstić information content (AvgIpc) is 3.39. The van der Waals surface area contributed by atoms with E-state index in [0.29, 0.717) is 10.7 Å². The lowest BCUT2D eigenvalue weighted by atomic mass is 10.0. The molecule has 37 heavy (non-hydrogen) atoms. The molecule has 4 aromatic rings. The fourth-order valence-electron chi connectivity index (χ4n) is 3.95. The summed E-state index contributed by atoms with van der Waals surface area (Å²) < 4.78 is 5.56. The highest BCUT2D eigenvalue weighted by Crippen LogP contribution is 2.28. The predicted molar refractivity (Wildman–Crippen MR) is 147 cm³/mol. The maximum Gasteiger partial charge on any atom is 0.343 e. The van der Waals surface area contributed by atoms with Crippen LogP contribution in [0.25, 0.3) is 11.3 Å². The van der Waals surface area contributed by atoms with E-state index < -0.39 is 18.0 Å². The van der Waals surface area contributed by atoms with E-state index >= 15 is 0 Å². The molecule has 0 spiro atoms. The molecule has 0 unspecified atom stereocenters. The Kier molecular flexibility index (Phi) is 9.05. The lowest BCUT2D eigenvalue weighted by molar-refractivity contribution is -0.125. The molecule has 0 aliphatic heterocycles. The number of aromatic nitrogens is 1. The van der Waals surface area contributed by atoms with Crippen LogP contribution in [0.15, 0.2) is 84.2 Å². The van der Waals surface area contributed by atoms with Crippen LogP contribution in [0.4, 0.5) is 5.13 Å². The van der Waals surface area contributed by atoms with Crippen molar-refractivity contribution in [3.8, 4) is 17.0 Å². The Labute approximate surface area is 221 Å². The highest BCUT2D eigenvalue weighted by Gasteiger charge is 2.27. The van der Waals surface area contributed by atoms with Gasteiger partial charge >= 0.3 is 5.97 Å². The molecule has 0 saturated heterocycles. The number of ether oxygens (including phenoxy) is 1. The van der Waals surface area contributed by atoms with Gasteiger partial charge in [-0.3, -0.25) is 10.1 Å². The number of phenolic OH excluding ortho intramolecular Hbond substituents is 1. The molecule has 6 nitrogen and oxygen atoms in total. The van der Waals surface area contributed by atoms with Crippen molar-refractivity contribution in [2.24, 2.45) is 0 Å². The first-order valence-corrected chi connectivity index (χ1v) is 13.3. The molecular formula is C30H30N2O4S. The number of esters is 1. The third-order valence-electron chi connectivity index (χ3n) is 5.99. The molecule has 0 aliphatic rings. The molecule has 0 bridgehead atoms. The number of nitrogens with one attached hydrogen (secondary N) is 1. The lowest BCUT2D eigenvalue weighted by Crippen LogP contribution is -2.26. The number of aryl methyl sites for hydroxylation is 1. The van der Waals surface area contributed by atoms with Gasteiger partial charge in [0.05, 0.1) is 5.69 Å². The molecule has 4 rings (SSSR count). The Bertz CT molecular complexity index is 1320. The largest absolute Gasteiger partial charge is 0.507 e. The van der Waals surface area contributed by atoms with E-state index in [1.54, 1.807) is 36.4 Å². The number of nitrogens with zero attached hydrogens (tertiary/aromatic N) is 1. The van der Waals surface area contributed by atoms with E-state index in [0.717, 1.165) is 17.7 Å². The van der Waals surface area contributed by atoms with Crippen LogP contribution in [0.2, 0.25) is 0 Å². The van der Waals surface area contributed by atoms with Crippen molar-refractivity contribution in [2.75, 3.05) is 5.32 Å². The summed E-state index contributed by atoms with van der Waals surface area (Å²) in [6.07, 6.45) is 4.79. The van der Waals surface area contributed by atoms with Crippen LogP contribution in [0.1, 0.15) is 60.2 Å². The maximum atomic E-state index is 13.2. The summed E-state index contributed by atoms with van der Waals surface area (Å²) in [5.74, 6) is -1.54. The number of aromatic hydroxyl groups is 1. The summed E-state index contributed by atoms with van der Waals surface area (Å²) in [7, 11) is 0. The van der Waals surface area contributed by atoms with Gasteiger partial charge in [-0.15, -0.1) is 11.3 Å². The van der Waals surface area contributed by atoms with Crippen LogP contribution in [0.5, 0.6) is 5.75 Å². The third kappa shape index (κ3) is 7.05. The Morgan fingerprint density at radius 2 is 1.68 bits per heavy atom. The smallest absolute Gasteiger partial charge is 0.343 e. The zero-order valence-corrected chi connectivity index (χ0v) is 21.5. The second-order valence-corrected chi connectivity index (χ2v) is 9.61. The minimum absolute atomic E-state index is 0.0124. The van der Waals surface area contributed by atoms with Gasteiger partial charge in [-0.25, -0.2) is 9.78 Å². The number of anilines is 1. The molecule has 3 aromatic carbocycles. The molecule has 2 N–H and O–H groups in total. The zero-order valence-electron chi connectivity index (χ0n) is 20.7. The number of hydrogen-bond acceptors (Lipinski definition) is 6. The van der Waals surface area contributed by atoms with Crippen LogP contribution in [0.3, 0.4) is 0 Å². The summed E-state index contributed by atoms with van der Waals surface area (Å²) in [6.45, 7) is 2.21. The molecule has 1 amide bonds. The first-order valence-electron chi connectivity index (χ1n) is 12.4. The van der Waals surface area contributed by atoms with Crippen molar-refractivity contribution in [2.45, 2.75) is 45.1 Å². The van der Waals surface area contributed by atoms with Crippen molar-refractivity contribution in [3.05, 3.63) is 101 Å². The van der Waals surface area contributed by atoms with Gasteiger partial charge in [0.15, 0.2) is 5.13 Å². The fourth-order valence-corrected chi connectivity index (χ4v) is 4.67. The number of carbonyl (C=O) groups is 2. The van der Waals surface area contributed by atoms with E-state index in [-0.39, 0.29) is 11.3 Å². The number of unbranched alkanes of at least 4 members (excludes halogenated alkanes) is 3. The average molecular weight is 515 g/mol. The second-order valence-electron chi connectivity index (χ2n) is 8.75. The van der Waals surface area contributed by atoms with Crippen LogP contribution in [-0.4, -0.2) is 22.0 Å². The van der Waals surface area contributed by atoms with Gasteiger partial charge in [-0.2, -0.15) is 0 Å². The fraction of sp³-hybridized carbons (Fsp3) is 0.233. The second kappa shape index (κ2) is 12.8. The molecular weight excluding hydrogens is 484 g/mol. The number of rotatable bonds is 11. The van der Waals surface area contributed by atoms with Gasteiger partial charge in [0.1, 0.15) is 11.3 Å². The maximum absolute atomic E-state index is 13.2. The highest BCUT2D eigenvalue weighted by molar-refractivity contribution is 7.14. The molecule has 0 aliphatic carbocycles. The number of thiazole rings is 1. The lowest BCUT2D eigenvalue weighted by Gasteiger charge is -2.17. The van der Waals surface area contributed by atoms with Crippen LogP contribution in [-0.2, 0) is 16.0 Å². The van der Waals surface area contributed by atoms with Crippen molar-refractivity contribution >= 4 is 28.3 Å². The van der Waals surface area contributed by atoms with Crippen molar-refractivity contribution in [1.29, 1.82) is 0 Å².